The molecule has 1 N–H and O–H groups in total. The Hall–Kier alpha value is -1.04. The molecule has 0 aliphatic carbocycles. The number of aromatic nitrogens is 1. The van der Waals surface area contributed by atoms with Gasteiger partial charge in [0.2, 0.25) is 5.76 Å². The largest absolute Gasteiger partial charge is 0.452 e. The minimum atomic E-state index is -4.43. The maximum Gasteiger partial charge on any atom is 0.452 e. The summed E-state index contributed by atoms with van der Waals surface area (Å²) < 4.78 is 41.0. The number of hydrogen-bond acceptors (Lipinski definition) is 3. The third-order valence-corrected chi connectivity index (χ3v) is 2.57. The van der Waals surface area contributed by atoms with Gasteiger partial charge < -0.3 is 9.84 Å². The van der Waals surface area contributed by atoms with Crippen molar-refractivity contribution in [1.29, 1.82) is 0 Å². The number of nitrogens with one attached hydrogen (secondary N) is 1. The number of alkyl halides is 3. The summed E-state index contributed by atoms with van der Waals surface area (Å²) in [6, 6.07) is 1.01. The number of hydrogen-bond donors (Lipinski definition) is 1. The first-order valence-electron chi connectivity index (χ1n) is 4.82. The van der Waals surface area contributed by atoms with E-state index in [1.807, 2.05) is 0 Å². The third kappa shape index (κ3) is 2.31. The normalized spacial score (nSPS) is 19.4. The molecule has 3 nitrogen and oxygen atoms in total. The fourth-order valence-electron chi connectivity index (χ4n) is 1.73. The van der Waals surface area contributed by atoms with Crippen molar-refractivity contribution in [1.82, 2.24) is 10.5 Å². The van der Waals surface area contributed by atoms with Crippen molar-refractivity contribution < 1.29 is 17.7 Å². The van der Waals surface area contributed by atoms with Gasteiger partial charge in [-0.1, -0.05) is 5.16 Å². The maximum absolute atomic E-state index is 12.2. The molecule has 6 heteroatoms. The molecule has 1 aliphatic heterocycles. The summed E-state index contributed by atoms with van der Waals surface area (Å²) >= 11 is 0. The lowest BCUT2D eigenvalue weighted by Crippen LogP contribution is -2.26. The van der Waals surface area contributed by atoms with Gasteiger partial charge in [-0.05, 0) is 25.9 Å². The van der Waals surface area contributed by atoms with Gasteiger partial charge >= 0.3 is 6.18 Å². The molecule has 1 fully saturated rings. The fraction of sp³-hybridized carbons (Fsp3) is 0.667. The fourth-order valence-corrected chi connectivity index (χ4v) is 1.73. The van der Waals surface area contributed by atoms with Crippen LogP contribution in [0.25, 0.3) is 0 Å². The summed E-state index contributed by atoms with van der Waals surface area (Å²) in [5, 5.41) is 6.62. The molecule has 15 heavy (non-hydrogen) atoms. The molecular formula is C9H11F3N2O. The quantitative estimate of drug-likeness (QED) is 0.788. The van der Waals surface area contributed by atoms with Crippen molar-refractivity contribution in [3.05, 3.63) is 17.5 Å². The van der Waals surface area contributed by atoms with Crippen LogP contribution in [-0.2, 0) is 6.18 Å². The maximum atomic E-state index is 12.2. The molecule has 0 aromatic carbocycles. The number of rotatable bonds is 1. The molecule has 0 unspecified atom stereocenters. The van der Waals surface area contributed by atoms with Crippen LogP contribution in [0.2, 0.25) is 0 Å². The van der Waals surface area contributed by atoms with Crippen LogP contribution in [0, 0.1) is 0 Å². The first kappa shape index (κ1) is 10.5. The highest BCUT2D eigenvalue weighted by atomic mass is 19.4. The van der Waals surface area contributed by atoms with E-state index in [1.165, 1.54) is 0 Å². The lowest BCUT2D eigenvalue weighted by molar-refractivity contribution is -0.155. The molecule has 0 saturated carbocycles. The van der Waals surface area contributed by atoms with Crippen molar-refractivity contribution in [3.8, 4) is 0 Å². The van der Waals surface area contributed by atoms with Gasteiger partial charge in [-0.25, -0.2) is 0 Å². The van der Waals surface area contributed by atoms with E-state index in [-0.39, 0.29) is 5.92 Å². The summed E-state index contributed by atoms with van der Waals surface area (Å²) in [6.45, 7) is 1.64. The molecule has 0 atom stereocenters. The average Bonchev–Trinajstić information content (AvgIpc) is 2.67. The van der Waals surface area contributed by atoms with Crippen LogP contribution in [0.4, 0.5) is 13.2 Å². The van der Waals surface area contributed by atoms with Crippen LogP contribution in [0.3, 0.4) is 0 Å². The minimum absolute atomic E-state index is 0.0890. The molecule has 0 amide bonds. The SMILES string of the molecule is FC(F)(F)c1cc(C2CCNCC2)no1. The third-order valence-electron chi connectivity index (χ3n) is 2.57. The highest BCUT2D eigenvalue weighted by Gasteiger charge is 2.36. The monoisotopic (exact) mass is 220 g/mol. The van der Waals surface area contributed by atoms with Crippen LogP contribution in [0.15, 0.2) is 10.6 Å². The molecule has 1 aromatic rings. The Morgan fingerprint density at radius 2 is 2.00 bits per heavy atom. The zero-order chi connectivity index (χ0) is 10.9. The predicted molar refractivity (Wildman–Crippen MR) is 46.3 cm³/mol. The lowest BCUT2D eigenvalue weighted by atomic mass is 9.94. The Labute approximate surface area is 84.6 Å². The van der Waals surface area contributed by atoms with E-state index in [9.17, 15) is 13.2 Å². The predicted octanol–water partition coefficient (Wildman–Crippen LogP) is 2.16. The van der Waals surface area contributed by atoms with Gasteiger partial charge in [0.15, 0.2) is 0 Å². The molecule has 1 aliphatic rings. The molecule has 2 heterocycles. The molecule has 2 rings (SSSR count). The molecular weight excluding hydrogens is 209 g/mol. The molecule has 84 valence electrons. The molecule has 0 bridgehead atoms. The van der Waals surface area contributed by atoms with E-state index in [0.717, 1.165) is 32.0 Å². The average molecular weight is 220 g/mol. The first-order chi connectivity index (χ1) is 7.07. The Balaban J connectivity index is 2.12. The van der Waals surface area contributed by atoms with Gasteiger partial charge in [0, 0.05) is 12.0 Å². The molecule has 0 radical (unpaired) electrons. The van der Waals surface area contributed by atoms with E-state index in [1.54, 1.807) is 0 Å². The molecule has 0 spiro atoms. The van der Waals surface area contributed by atoms with Crippen molar-refractivity contribution in [2.45, 2.75) is 24.9 Å². The summed E-state index contributed by atoms with van der Waals surface area (Å²) in [4.78, 5) is 0. The number of halogens is 3. The second kappa shape index (κ2) is 3.84. The van der Waals surface area contributed by atoms with Crippen molar-refractivity contribution in [3.63, 3.8) is 0 Å². The second-order valence-electron chi connectivity index (χ2n) is 3.64. The van der Waals surface area contributed by atoms with Crippen LogP contribution in [0.1, 0.15) is 30.2 Å². The van der Waals surface area contributed by atoms with E-state index in [2.05, 4.69) is 15.0 Å². The smallest absolute Gasteiger partial charge is 0.351 e. The lowest BCUT2D eigenvalue weighted by Gasteiger charge is -2.19. The van der Waals surface area contributed by atoms with Gasteiger partial charge in [0.1, 0.15) is 0 Å². The second-order valence-corrected chi connectivity index (χ2v) is 3.64. The van der Waals surface area contributed by atoms with Gasteiger partial charge in [0.25, 0.3) is 0 Å². The van der Waals surface area contributed by atoms with Crippen molar-refractivity contribution >= 4 is 0 Å². The zero-order valence-electron chi connectivity index (χ0n) is 7.97. The van der Waals surface area contributed by atoms with Gasteiger partial charge in [-0.2, -0.15) is 13.2 Å². The Morgan fingerprint density at radius 1 is 1.33 bits per heavy atom. The van der Waals surface area contributed by atoms with Gasteiger partial charge in [0.05, 0.1) is 5.69 Å². The standard InChI is InChI=1S/C9H11F3N2O/c10-9(11,12)8-5-7(14-15-8)6-1-3-13-4-2-6/h5-6,13H,1-4H2. The summed E-state index contributed by atoms with van der Waals surface area (Å²) in [7, 11) is 0. The number of piperidine rings is 1. The van der Waals surface area contributed by atoms with Crippen LogP contribution >= 0.6 is 0 Å². The van der Waals surface area contributed by atoms with Crippen LogP contribution in [0.5, 0.6) is 0 Å². The van der Waals surface area contributed by atoms with E-state index >= 15 is 0 Å². The topological polar surface area (TPSA) is 38.1 Å². The molecule has 1 saturated heterocycles. The van der Waals surface area contributed by atoms with E-state index in [0.29, 0.717) is 5.69 Å². The Bertz CT molecular complexity index is 328. The molecule has 1 aromatic heterocycles. The van der Waals surface area contributed by atoms with Gasteiger partial charge in [-0.3, -0.25) is 0 Å². The van der Waals surface area contributed by atoms with Crippen molar-refractivity contribution in [2.24, 2.45) is 0 Å². The van der Waals surface area contributed by atoms with E-state index in [4.69, 9.17) is 0 Å². The van der Waals surface area contributed by atoms with E-state index < -0.39 is 11.9 Å². The highest BCUT2D eigenvalue weighted by Crippen LogP contribution is 2.32. The van der Waals surface area contributed by atoms with Crippen LogP contribution < -0.4 is 5.32 Å². The van der Waals surface area contributed by atoms with Crippen LogP contribution in [-0.4, -0.2) is 18.2 Å². The Morgan fingerprint density at radius 3 is 2.53 bits per heavy atom. The number of nitrogens with zero attached hydrogens (tertiary/aromatic N) is 1. The summed E-state index contributed by atoms with van der Waals surface area (Å²) in [6.07, 6.45) is -2.81. The zero-order valence-corrected chi connectivity index (χ0v) is 7.97. The highest BCUT2D eigenvalue weighted by molar-refractivity contribution is 5.13. The summed E-state index contributed by atoms with van der Waals surface area (Å²) in [5.74, 6) is -0.915. The first-order valence-corrected chi connectivity index (χ1v) is 4.82. The van der Waals surface area contributed by atoms with Gasteiger partial charge in [-0.15, -0.1) is 0 Å². The Kier molecular flexibility index (Phi) is 2.68. The summed E-state index contributed by atoms with van der Waals surface area (Å²) in [5.41, 5.74) is 0.420. The minimum Gasteiger partial charge on any atom is -0.351 e. The van der Waals surface area contributed by atoms with Crippen molar-refractivity contribution in [2.75, 3.05) is 13.1 Å².